The molecule has 2 unspecified atom stereocenters. The highest BCUT2D eigenvalue weighted by molar-refractivity contribution is 5.89. The van der Waals surface area contributed by atoms with E-state index in [1.54, 1.807) is 12.1 Å². The SMILES string of the molecule is Cc1ccc(C(=O)O)cc1NC1CCN2CCCCC12. The molecule has 2 fully saturated rings. The van der Waals surface area contributed by atoms with Crippen LogP contribution in [-0.4, -0.2) is 41.1 Å². The summed E-state index contributed by atoms with van der Waals surface area (Å²) in [5.74, 6) is -0.862. The van der Waals surface area contributed by atoms with Crippen molar-refractivity contribution in [1.29, 1.82) is 0 Å². The minimum atomic E-state index is -0.862. The number of nitrogens with zero attached hydrogens (tertiary/aromatic N) is 1. The minimum absolute atomic E-state index is 0.358. The number of piperidine rings is 1. The monoisotopic (exact) mass is 274 g/mol. The summed E-state index contributed by atoms with van der Waals surface area (Å²) in [6, 6.07) is 6.40. The summed E-state index contributed by atoms with van der Waals surface area (Å²) in [5, 5.41) is 12.7. The molecular weight excluding hydrogens is 252 g/mol. The predicted molar refractivity (Wildman–Crippen MR) is 79.4 cm³/mol. The molecule has 20 heavy (non-hydrogen) atoms. The summed E-state index contributed by atoms with van der Waals surface area (Å²) >= 11 is 0. The summed E-state index contributed by atoms with van der Waals surface area (Å²) in [4.78, 5) is 13.7. The highest BCUT2D eigenvalue weighted by Crippen LogP contribution is 2.30. The highest BCUT2D eigenvalue weighted by Gasteiger charge is 2.35. The number of aromatic carboxylic acids is 1. The number of carboxylic acid groups (broad SMARTS) is 1. The van der Waals surface area contributed by atoms with Gasteiger partial charge in [-0.2, -0.15) is 0 Å². The lowest BCUT2D eigenvalue weighted by atomic mass is 9.98. The van der Waals surface area contributed by atoms with Gasteiger partial charge in [-0.3, -0.25) is 4.90 Å². The Labute approximate surface area is 119 Å². The Kier molecular flexibility index (Phi) is 3.66. The van der Waals surface area contributed by atoms with Gasteiger partial charge in [-0.05, 0) is 50.4 Å². The average Bonchev–Trinajstić information content (AvgIpc) is 2.84. The molecule has 2 saturated heterocycles. The fourth-order valence-corrected chi connectivity index (χ4v) is 3.53. The van der Waals surface area contributed by atoms with Crippen LogP contribution in [0.5, 0.6) is 0 Å². The van der Waals surface area contributed by atoms with Crippen molar-refractivity contribution in [3.63, 3.8) is 0 Å². The van der Waals surface area contributed by atoms with Crippen LogP contribution >= 0.6 is 0 Å². The second kappa shape index (κ2) is 5.44. The van der Waals surface area contributed by atoms with E-state index in [-0.39, 0.29) is 0 Å². The van der Waals surface area contributed by atoms with E-state index in [1.807, 2.05) is 13.0 Å². The predicted octanol–water partition coefficient (Wildman–Crippen LogP) is 2.73. The number of benzene rings is 1. The molecule has 108 valence electrons. The zero-order valence-corrected chi connectivity index (χ0v) is 11.9. The first-order valence-electron chi connectivity index (χ1n) is 7.49. The Morgan fingerprint density at radius 3 is 2.95 bits per heavy atom. The van der Waals surface area contributed by atoms with E-state index in [0.717, 1.165) is 17.7 Å². The van der Waals surface area contributed by atoms with Crippen molar-refractivity contribution in [2.45, 2.75) is 44.7 Å². The van der Waals surface area contributed by atoms with E-state index in [0.29, 0.717) is 17.6 Å². The van der Waals surface area contributed by atoms with E-state index in [9.17, 15) is 4.79 Å². The fourth-order valence-electron chi connectivity index (χ4n) is 3.53. The van der Waals surface area contributed by atoms with E-state index >= 15 is 0 Å². The molecule has 0 saturated carbocycles. The number of rotatable bonds is 3. The molecule has 0 amide bonds. The summed E-state index contributed by atoms with van der Waals surface area (Å²) in [6.07, 6.45) is 5.04. The molecule has 0 spiro atoms. The van der Waals surface area contributed by atoms with E-state index in [1.165, 1.54) is 32.4 Å². The van der Waals surface area contributed by atoms with Crippen LogP contribution in [0.15, 0.2) is 18.2 Å². The standard InChI is InChI=1S/C16H22N2O2/c1-11-5-6-12(16(19)20)10-14(11)17-13-7-9-18-8-3-2-4-15(13)18/h5-6,10,13,15,17H,2-4,7-9H2,1H3,(H,19,20). The lowest BCUT2D eigenvalue weighted by Crippen LogP contribution is -2.41. The van der Waals surface area contributed by atoms with Crippen molar-refractivity contribution in [2.24, 2.45) is 0 Å². The molecule has 4 heteroatoms. The number of hydrogen-bond donors (Lipinski definition) is 2. The topological polar surface area (TPSA) is 52.6 Å². The van der Waals surface area contributed by atoms with Crippen molar-refractivity contribution in [3.8, 4) is 0 Å². The van der Waals surface area contributed by atoms with Crippen LogP contribution in [0.25, 0.3) is 0 Å². The van der Waals surface area contributed by atoms with Crippen LogP contribution < -0.4 is 5.32 Å². The van der Waals surface area contributed by atoms with E-state index in [2.05, 4.69) is 10.2 Å². The first kappa shape index (κ1) is 13.4. The molecule has 2 aliphatic heterocycles. The van der Waals surface area contributed by atoms with Gasteiger partial charge in [0, 0.05) is 24.3 Å². The quantitative estimate of drug-likeness (QED) is 0.890. The molecule has 0 aliphatic carbocycles. The molecule has 2 aliphatic rings. The van der Waals surface area contributed by atoms with Crippen molar-refractivity contribution in [3.05, 3.63) is 29.3 Å². The lowest BCUT2D eigenvalue weighted by Gasteiger charge is -2.33. The second-order valence-corrected chi connectivity index (χ2v) is 5.97. The maximum absolute atomic E-state index is 11.1. The number of fused-ring (bicyclic) bond motifs is 1. The first-order valence-corrected chi connectivity index (χ1v) is 7.49. The van der Waals surface area contributed by atoms with Gasteiger partial charge in [0.25, 0.3) is 0 Å². The number of carbonyl (C=O) groups is 1. The number of hydrogen-bond acceptors (Lipinski definition) is 3. The van der Waals surface area contributed by atoms with E-state index < -0.39 is 5.97 Å². The molecule has 4 nitrogen and oxygen atoms in total. The third-order valence-electron chi connectivity index (χ3n) is 4.68. The van der Waals surface area contributed by atoms with Crippen molar-refractivity contribution < 1.29 is 9.90 Å². The molecule has 1 aromatic rings. The summed E-state index contributed by atoms with van der Waals surface area (Å²) in [7, 11) is 0. The van der Waals surface area contributed by atoms with Crippen LogP contribution in [0.2, 0.25) is 0 Å². The van der Waals surface area contributed by atoms with Crippen molar-refractivity contribution >= 4 is 11.7 Å². The number of nitrogens with one attached hydrogen (secondary N) is 1. The largest absolute Gasteiger partial charge is 0.478 e. The molecular formula is C16H22N2O2. The third-order valence-corrected chi connectivity index (χ3v) is 4.68. The molecule has 2 atom stereocenters. The Balaban J connectivity index is 1.77. The molecule has 1 aromatic carbocycles. The Morgan fingerprint density at radius 1 is 1.30 bits per heavy atom. The van der Waals surface area contributed by atoms with Gasteiger partial charge in [0.2, 0.25) is 0 Å². The summed E-state index contributed by atoms with van der Waals surface area (Å²) < 4.78 is 0. The van der Waals surface area contributed by atoms with Gasteiger partial charge in [0.05, 0.1) is 5.56 Å². The van der Waals surface area contributed by atoms with Crippen LogP contribution in [0.1, 0.15) is 41.6 Å². The first-order chi connectivity index (χ1) is 9.65. The molecule has 2 N–H and O–H groups in total. The third kappa shape index (κ3) is 2.52. The summed E-state index contributed by atoms with van der Waals surface area (Å²) in [5.41, 5.74) is 2.45. The second-order valence-electron chi connectivity index (χ2n) is 5.97. The normalized spacial score (nSPS) is 26.2. The molecule has 3 rings (SSSR count). The van der Waals surface area contributed by atoms with Gasteiger partial charge in [-0.25, -0.2) is 4.79 Å². The Hall–Kier alpha value is -1.55. The number of carboxylic acids is 1. The smallest absolute Gasteiger partial charge is 0.335 e. The van der Waals surface area contributed by atoms with Crippen LogP contribution in [0, 0.1) is 6.92 Å². The van der Waals surface area contributed by atoms with Gasteiger partial charge in [0.15, 0.2) is 0 Å². The summed E-state index contributed by atoms with van der Waals surface area (Å²) in [6.45, 7) is 4.42. The maximum atomic E-state index is 11.1. The fraction of sp³-hybridized carbons (Fsp3) is 0.562. The van der Waals surface area contributed by atoms with Crippen molar-refractivity contribution in [1.82, 2.24) is 4.90 Å². The molecule has 2 heterocycles. The minimum Gasteiger partial charge on any atom is -0.478 e. The maximum Gasteiger partial charge on any atom is 0.335 e. The van der Waals surface area contributed by atoms with Gasteiger partial charge in [-0.15, -0.1) is 0 Å². The van der Waals surface area contributed by atoms with Crippen LogP contribution in [-0.2, 0) is 0 Å². The molecule has 0 bridgehead atoms. The van der Waals surface area contributed by atoms with Crippen LogP contribution in [0.4, 0.5) is 5.69 Å². The zero-order chi connectivity index (χ0) is 14.1. The Bertz CT molecular complexity index is 515. The molecule has 0 aromatic heterocycles. The van der Waals surface area contributed by atoms with Gasteiger partial charge in [-0.1, -0.05) is 12.5 Å². The van der Waals surface area contributed by atoms with Gasteiger partial charge in [0.1, 0.15) is 0 Å². The van der Waals surface area contributed by atoms with Gasteiger partial charge < -0.3 is 10.4 Å². The number of anilines is 1. The highest BCUT2D eigenvalue weighted by atomic mass is 16.4. The van der Waals surface area contributed by atoms with E-state index in [4.69, 9.17) is 5.11 Å². The lowest BCUT2D eigenvalue weighted by molar-refractivity contribution is 0.0697. The molecule has 0 radical (unpaired) electrons. The van der Waals surface area contributed by atoms with Crippen LogP contribution in [0.3, 0.4) is 0 Å². The average molecular weight is 274 g/mol. The Morgan fingerprint density at radius 2 is 2.15 bits per heavy atom. The van der Waals surface area contributed by atoms with Gasteiger partial charge >= 0.3 is 5.97 Å². The van der Waals surface area contributed by atoms with Crippen molar-refractivity contribution in [2.75, 3.05) is 18.4 Å². The zero-order valence-electron chi connectivity index (χ0n) is 11.9. The number of aryl methyl sites for hydroxylation is 1.